The first-order chi connectivity index (χ1) is 16.0. The van der Waals surface area contributed by atoms with Crippen LogP contribution in [0.15, 0.2) is 65.8 Å². The second kappa shape index (κ2) is 8.72. The largest absolute Gasteiger partial charge is 0.404 e. The lowest BCUT2D eigenvalue weighted by atomic mass is 10.1. The summed E-state index contributed by atoms with van der Waals surface area (Å²) in [6, 6.07) is 12.3. The number of halogens is 4. The Morgan fingerprint density at radius 3 is 2.50 bits per heavy atom. The minimum atomic E-state index is -4.80. The highest BCUT2D eigenvalue weighted by Gasteiger charge is 2.40. The third-order valence-electron chi connectivity index (χ3n) is 5.01. The van der Waals surface area contributed by atoms with Crippen molar-refractivity contribution in [1.29, 1.82) is 5.26 Å². The van der Waals surface area contributed by atoms with Gasteiger partial charge in [-0.1, -0.05) is 29.8 Å². The molecule has 0 amide bonds. The maximum absolute atomic E-state index is 13.1. The molecule has 12 heteroatoms. The smallest absolute Gasteiger partial charge is 0.291 e. The van der Waals surface area contributed by atoms with Crippen LogP contribution in [0.25, 0.3) is 28.1 Å². The highest BCUT2D eigenvalue weighted by atomic mass is 35.5. The average Bonchev–Trinajstić information content (AvgIpc) is 3.12. The maximum atomic E-state index is 13.1. The lowest BCUT2D eigenvalue weighted by Gasteiger charge is -2.19. The topological polar surface area (TPSA) is 101 Å². The molecular weight excluding hydrogens is 491 g/mol. The molecule has 7 nitrogen and oxygen atoms in total. The highest BCUT2D eigenvalue weighted by molar-refractivity contribution is 7.89. The Labute approximate surface area is 197 Å². The summed E-state index contributed by atoms with van der Waals surface area (Å²) in [7, 11) is -4.69. The predicted octanol–water partition coefficient (Wildman–Crippen LogP) is 4.84. The van der Waals surface area contributed by atoms with Gasteiger partial charge in [-0.05, 0) is 37.3 Å². The summed E-state index contributed by atoms with van der Waals surface area (Å²) in [5.41, 5.74) is 0.697. The van der Waals surface area contributed by atoms with E-state index >= 15 is 0 Å². The van der Waals surface area contributed by atoms with Gasteiger partial charge in [0.05, 0.1) is 16.3 Å². The lowest BCUT2D eigenvalue weighted by Crippen LogP contribution is -2.43. The third-order valence-corrected chi connectivity index (χ3v) is 6.79. The Morgan fingerprint density at radius 1 is 1.15 bits per heavy atom. The number of nitrogens with zero attached hydrogens (tertiary/aromatic N) is 4. The van der Waals surface area contributed by atoms with Gasteiger partial charge in [0.15, 0.2) is 0 Å². The Morgan fingerprint density at radius 2 is 1.85 bits per heavy atom. The monoisotopic (exact) mass is 505 g/mol. The molecule has 1 N–H and O–H groups in total. The lowest BCUT2D eigenvalue weighted by molar-refractivity contribution is -0.147. The SMILES string of the molecule is C[C@H](NS(=O)(=O)c1cccnc1-c1c(C#N)c2cc(Cl)cnc2n1-c1ccccc1)C(F)(F)F. The second-order valence-corrected chi connectivity index (χ2v) is 9.38. The maximum Gasteiger partial charge on any atom is 0.404 e. The van der Waals surface area contributed by atoms with Crippen LogP contribution >= 0.6 is 11.6 Å². The van der Waals surface area contributed by atoms with Crippen LogP contribution < -0.4 is 4.72 Å². The van der Waals surface area contributed by atoms with Gasteiger partial charge in [-0.2, -0.15) is 23.2 Å². The number of rotatable bonds is 5. The van der Waals surface area contributed by atoms with Gasteiger partial charge in [0.2, 0.25) is 10.0 Å². The third kappa shape index (κ3) is 4.23. The molecule has 0 radical (unpaired) electrons. The summed E-state index contributed by atoms with van der Waals surface area (Å²) in [4.78, 5) is 7.97. The van der Waals surface area contributed by atoms with Crippen LogP contribution in [0, 0.1) is 11.3 Å². The van der Waals surface area contributed by atoms with Crippen molar-refractivity contribution >= 4 is 32.7 Å². The fourth-order valence-corrected chi connectivity index (χ4v) is 5.00. The van der Waals surface area contributed by atoms with Crippen molar-refractivity contribution in [2.75, 3.05) is 0 Å². The molecule has 0 aliphatic rings. The zero-order chi connectivity index (χ0) is 24.7. The molecule has 3 aromatic heterocycles. The van der Waals surface area contributed by atoms with E-state index in [0.717, 1.165) is 6.07 Å². The van der Waals surface area contributed by atoms with Crippen LogP contribution in [-0.2, 0) is 10.0 Å². The Bertz CT molecular complexity index is 1530. The molecule has 3 heterocycles. The van der Waals surface area contributed by atoms with Gasteiger partial charge >= 0.3 is 6.18 Å². The van der Waals surface area contributed by atoms with Gasteiger partial charge in [-0.15, -0.1) is 0 Å². The van der Waals surface area contributed by atoms with Crippen LogP contribution in [0.5, 0.6) is 0 Å². The first-order valence-corrected chi connectivity index (χ1v) is 11.6. The number of hydrogen-bond donors (Lipinski definition) is 1. The van der Waals surface area contributed by atoms with E-state index in [9.17, 15) is 26.9 Å². The van der Waals surface area contributed by atoms with Crippen molar-refractivity contribution in [3.8, 4) is 23.1 Å². The van der Waals surface area contributed by atoms with E-state index in [0.29, 0.717) is 23.6 Å². The van der Waals surface area contributed by atoms with E-state index in [1.165, 1.54) is 29.1 Å². The summed E-state index contributed by atoms with van der Waals surface area (Å²) in [6.07, 6.45) is -2.14. The summed E-state index contributed by atoms with van der Waals surface area (Å²) < 4.78 is 68.5. The van der Waals surface area contributed by atoms with E-state index in [1.807, 2.05) is 6.07 Å². The molecule has 0 aliphatic heterocycles. The van der Waals surface area contributed by atoms with Crippen molar-refractivity contribution in [2.45, 2.75) is 24.0 Å². The van der Waals surface area contributed by atoms with Crippen molar-refractivity contribution in [2.24, 2.45) is 0 Å². The minimum Gasteiger partial charge on any atom is -0.291 e. The first kappa shape index (κ1) is 23.7. The molecule has 0 spiro atoms. The first-order valence-electron chi connectivity index (χ1n) is 9.74. The number of nitrogens with one attached hydrogen (secondary N) is 1. The summed E-state index contributed by atoms with van der Waals surface area (Å²) in [6.45, 7) is 0.696. The Kier molecular flexibility index (Phi) is 6.07. The number of alkyl halides is 3. The van der Waals surface area contributed by atoms with Crippen molar-refractivity contribution in [3.05, 3.63) is 71.5 Å². The fourth-order valence-electron chi connectivity index (χ4n) is 3.45. The van der Waals surface area contributed by atoms with E-state index in [1.54, 1.807) is 35.1 Å². The normalized spacial score (nSPS) is 13.1. The van der Waals surface area contributed by atoms with Gasteiger partial charge in [0.1, 0.15) is 28.3 Å². The second-order valence-electron chi connectivity index (χ2n) is 7.27. The average molecular weight is 506 g/mol. The molecule has 0 fully saturated rings. The van der Waals surface area contributed by atoms with Crippen LogP contribution in [0.1, 0.15) is 12.5 Å². The van der Waals surface area contributed by atoms with Crippen LogP contribution in [0.4, 0.5) is 13.2 Å². The molecule has 0 bridgehead atoms. The summed E-state index contributed by atoms with van der Waals surface area (Å²) >= 11 is 6.10. The standard InChI is InChI=1S/C22H15ClF3N5O2S/c1-13(22(24,25)26)30-34(32,33)18-8-5-9-28-19(18)20-17(11-27)16-10-14(23)12-29-21(16)31(20)15-6-3-2-4-7-15/h2-10,12-13,30H,1H3/t13-/m0/s1. The number of pyridine rings is 2. The molecule has 0 aliphatic carbocycles. The van der Waals surface area contributed by atoms with E-state index in [4.69, 9.17) is 11.6 Å². The van der Waals surface area contributed by atoms with Crippen LogP contribution in [-0.4, -0.2) is 35.2 Å². The molecule has 34 heavy (non-hydrogen) atoms. The minimum absolute atomic E-state index is 0.0212. The predicted molar refractivity (Wildman–Crippen MR) is 120 cm³/mol. The molecule has 0 saturated heterocycles. The molecular formula is C22H15ClF3N5O2S. The van der Waals surface area contributed by atoms with E-state index in [2.05, 4.69) is 9.97 Å². The molecule has 4 aromatic rings. The number of hydrogen-bond acceptors (Lipinski definition) is 5. The highest BCUT2D eigenvalue weighted by Crippen LogP contribution is 2.38. The number of aromatic nitrogens is 3. The number of benzene rings is 1. The van der Waals surface area contributed by atoms with Crippen molar-refractivity contribution < 1.29 is 21.6 Å². The molecule has 4 rings (SSSR count). The van der Waals surface area contributed by atoms with Gasteiger partial charge in [0.25, 0.3) is 0 Å². The molecule has 1 aromatic carbocycles. The quantitative estimate of drug-likeness (QED) is 0.418. The Hall–Kier alpha value is -3.46. The number of para-hydroxylation sites is 1. The summed E-state index contributed by atoms with van der Waals surface area (Å²) in [5, 5.41) is 10.6. The number of sulfonamides is 1. The zero-order valence-electron chi connectivity index (χ0n) is 17.4. The molecule has 0 unspecified atom stereocenters. The van der Waals surface area contributed by atoms with E-state index in [-0.39, 0.29) is 22.0 Å². The van der Waals surface area contributed by atoms with Crippen LogP contribution in [0.2, 0.25) is 5.02 Å². The van der Waals surface area contributed by atoms with Gasteiger partial charge in [-0.3, -0.25) is 9.55 Å². The number of fused-ring (bicyclic) bond motifs is 1. The van der Waals surface area contributed by atoms with Gasteiger partial charge in [-0.25, -0.2) is 13.4 Å². The van der Waals surface area contributed by atoms with Crippen molar-refractivity contribution in [1.82, 2.24) is 19.3 Å². The molecule has 174 valence electrons. The fraction of sp³-hybridized carbons (Fsp3) is 0.136. The number of nitriles is 1. The molecule has 1 atom stereocenters. The zero-order valence-corrected chi connectivity index (χ0v) is 18.9. The van der Waals surface area contributed by atoms with Gasteiger partial charge < -0.3 is 0 Å². The molecule has 0 saturated carbocycles. The Balaban J connectivity index is 2.06. The summed E-state index contributed by atoms with van der Waals surface area (Å²) in [5.74, 6) is 0. The van der Waals surface area contributed by atoms with Crippen LogP contribution in [0.3, 0.4) is 0 Å². The van der Waals surface area contributed by atoms with Crippen molar-refractivity contribution in [3.63, 3.8) is 0 Å². The van der Waals surface area contributed by atoms with Gasteiger partial charge in [0, 0.05) is 23.5 Å². The van der Waals surface area contributed by atoms with E-state index < -0.39 is 27.1 Å².